The summed E-state index contributed by atoms with van der Waals surface area (Å²) in [6.45, 7) is 6.42. The topological polar surface area (TPSA) is 0 Å². The summed E-state index contributed by atoms with van der Waals surface area (Å²) in [7, 11) is 0.761. The van der Waals surface area contributed by atoms with Crippen LogP contribution in [0.25, 0.3) is 0 Å². The molecule has 10 aliphatic heterocycles. The van der Waals surface area contributed by atoms with Crippen LogP contribution in [0.5, 0.6) is 0 Å². The maximum atomic E-state index is 2.43. The second kappa shape index (κ2) is 4.21. The summed E-state index contributed by atoms with van der Waals surface area (Å²) in [6.07, 6.45) is 31.7. The summed E-state index contributed by atoms with van der Waals surface area (Å²) in [5.74, 6) is 0. The predicted molar refractivity (Wildman–Crippen MR) is 165 cm³/mol. The van der Waals surface area contributed by atoms with E-state index >= 15 is 0 Å². The molecule has 0 amide bonds. The van der Waals surface area contributed by atoms with Crippen molar-refractivity contribution in [3.63, 3.8) is 0 Å². The molecule has 10 rings (SSSR count). The molecule has 3 heteroatoms. The van der Waals surface area contributed by atoms with Gasteiger partial charge in [0.25, 0.3) is 0 Å². The van der Waals surface area contributed by atoms with E-state index in [4.69, 9.17) is 0 Å². The van der Waals surface area contributed by atoms with Crippen LogP contribution in [0.15, 0.2) is 0 Å². The summed E-state index contributed by atoms with van der Waals surface area (Å²) >= 11 is 0. The molecule has 0 N–H and O–H groups in total. The fourth-order valence-electron chi connectivity index (χ4n) is 21.9. The number of fused-ring (bicyclic) bond motifs is 10. The Hall–Kier alpha value is 1.38. The van der Waals surface area contributed by atoms with Gasteiger partial charge < -0.3 is 0 Å². The van der Waals surface area contributed by atoms with Crippen molar-refractivity contribution in [2.24, 2.45) is 0 Å². The number of rotatable bonds is 22. The predicted octanol–water partition coefficient (Wildman–Crippen LogP) is 12.5. The molecule has 0 aromatic heterocycles. The maximum absolute atomic E-state index is 3.30. The SMILES string of the molecule is CCCCCCP(CCCCCC)[C]12[CH]3[CH]4[CH]5[C]1(P(CCCCCC)CCCCCC)[Fe]43521678[CH]2[CH]1[CH]6[CH]7[CH]28. The fraction of sp³-hybridized carbons (Fsp3) is 1.00. The minimum atomic E-state index is -3.30. The fourth-order valence-corrected chi connectivity index (χ4v) is 132. The summed E-state index contributed by atoms with van der Waals surface area (Å²) in [6, 6.07) is 0. The van der Waals surface area contributed by atoms with E-state index in [2.05, 4.69) is 27.7 Å². The molecule has 10 saturated heterocycles. The average Bonchev–Trinajstić information content (AvgIpc) is 3.85. The molecule has 214 valence electrons. The van der Waals surface area contributed by atoms with Gasteiger partial charge in [0.15, 0.2) is 0 Å². The van der Waals surface area contributed by atoms with Gasteiger partial charge >= 0.3 is 224 Å². The van der Waals surface area contributed by atoms with Crippen LogP contribution in [0.4, 0.5) is 0 Å². The van der Waals surface area contributed by atoms with Crippen LogP contribution < -0.4 is 0 Å². The summed E-state index contributed by atoms with van der Waals surface area (Å²) in [5.41, 5.74) is 0. The molecule has 4 unspecified atom stereocenters. The third-order valence-electron chi connectivity index (χ3n) is 20.7. The van der Waals surface area contributed by atoms with Crippen LogP contribution in [0.3, 0.4) is 0 Å². The molecule has 4 atom stereocenters. The van der Waals surface area contributed by atoms with Crippen molar-refractivity contribution in [1.29, 1.82) is 0 Å². The van der Waals surface area contributed by atoms with Crippen LogP contribution in [-0.2, 0) is 6.51 Å². The third-order valence-corrected chi connectivity index (χ3v) is 78.9. The molecule has 10 aliphatic rings. The number of hydrogen-bond acceptors (Lipinski definition) is 0. The Morgan fingerprint density at radius 1 is 0.405 bits per heavy atom. The normalized spacial score (nSPS) is 63.6. The Morgan fingerprint density at radius 2 is 0.703 bits per heavy atom. The van der Waals surface area contributed by atoms with E-state index in [-0.39, 0.29) is 0 Å². The van der Waals surface area contributed by atoms with Crippen molar-refractivity contribution >= 4 is 15.8 Å². The van der Waals surface area contributed by atoms with E-state index in [1.807, 2.05) is 0 Å². The number of unbranched alkanes of at least 4 members (excludes halogenated alkanes) is 12. The zero-order valence-corrected chi connectivity index (χ0v) is 27.9. The molecule has 0 radical (unpaired) electrons. The molecule has 1 spiro atoms. The Labute approximate surface area is 223 Å². The van der Waals surface area contributed by atoms with Crippen molar-refractivity contribution < 1.29 is 6.51 Å². The van der Waals surface area contributed by atoms with Crippen LogP contribution >= 0.6 is 15.8 Å². The van der Waals surface area contributed by atoms with E-state index in [9.17, 15) is 0 Å². The summed E-state index contributed by atoms with van der Waals surface area (Å²) < 4.78 is 2.42. The standard InChI is InChI=1S/C29H55P2.C5H5.Fe/c1-5-9-13-17-24-30(25-18-14-10-6-2)28-22-21-23-29(28)31(26-19-15-11-7-3)27-20-16-12-8-4;1-2-4-5-3-1;/h21-23H,5-20,24-27H2,1-4H3;1-5H;. The van der Waals surface area contributed by atoms with Crippen molar-refractivity contribution in [2.45, 2.75) is 177 Å². The first-order valence-electron chi connectivity index (χ1n) is 17.7. The second-order valence-electron chi connectivity index (χ2n) is 17.9. The van der Waals surface area contributed by atoms with Crippen LogP contribution in [0.2, 0.25) is 38.5 Å². The van der Waals surface area contributed by atoms with Gasteiger partial charge in [0.05, 0.1) is 0 Å². The molecule has 0 bridgehead atoms. The van der Waals surface area contributed by atoms with E-state index in [1.165, 1.54) is 88.4 Å². The second-order valence-corrected chi connectivity index (χ2v) is 47.3. The van der Waals surface area contributed by atoms with Crippen molar-refractivity contribution in [2.75, 3.05) is 24.6 Å². The molecule has 0 aromatic carbocycles. The molecule has 0 aliphatic carbocycles. The first-order chi connectivity index (χ1) is 18.0. The monoisotopic (exact) mass is 586 g/mol. The van der Waals surface area contributed by atoms with Gasteiger partial charge in [-0.1, -0.05) is 0 Å². The molecule has 0 nitrogen and oxygen atoms in total. The molecular weight excluding hydrogens is 526 g/mol. The third kappa shape index (κ3) is 0.669. The Morgan fingerprint density at radius 3 is 0.919 bits per heavy atom. The van der Waals surface area contributed by atoms with Gasteiger partial charge in [-0.25, -0.2) is 0 Å². The van der Waals surface area contributed by atoms with Gasteiger partial charge in [0, 0.05) is 0 Å². The summed E-state index contributed by atoms with van der Waals surface area (Å²) in [5, 5.41) is 0. The van der Waals surface area contributed by atoms with Crippen molar-refractivity contribution in [3.05, 3.63) is 0 Å². The Kier molecular flexibility index (Phi) is 2.72. The van der Waals surface area contributed by atoms with E-state index in [0.717, 1.165) is 0 Å². The van der Waals surface area contributed by atoms with Crippen molar-refractivity contribution in [3.8, 4) is 0 Å². The zero-order valence-electron chi connectivity index (χ0n) is 25.0. The minimum absolute atomic E-state index is 0.380. The molecular formula is C34H60FeP2. The number of hydrogen-bond donors (Lipinski definition) is 0. The Bertz CT molecular complexity index is 1190. The quantitative estimate of drug-likeness (QED) is 0.0672. The molecule has 10 fully saturated rings. The van der Waals surface area contributed by atoms with Crippen molar-refractivity contribution in [1.82, 2.24) is 0 Å². The van der Waals surface area contributed by atoms with E-state index in [0.29, 0.717) is 15.8 Å². The van der Waals surface area contributed by atoms with Gasteiger partial charge in [0.2, 0.25) is 0 Å². The van der Waals surface area contributed by atoms with Crippen LogP contribution in [-0.4, -0.2) is 32.8 Å². The van der Waals surface area contributed by atoms with Gasteiger partial charge in [-0.15, -0.1) is 0 Å². The van der Waals surface area contributed by atoms with E-state index < -0.39 is 6.51 Å². The van der Waals surface area contributed by atoms with Gasteiger partial charge in [-0.05, 0) is 0 Å². The molecule has 0 aromatic rings. The van der Waals surface area contributed by atoms with Gasteiger partial charge in [-0.2, -0.15) is 0 Å². The zero-order chi connectivity index (χ0) is 25.2. The van der Waals surface area contributed by atoms with Crippen LogP contribution in [0, 0.1) is 0 Å². The molecule has 0 saturated carbocycles. The first-order valence-corrected chi connectivity index (χ1v) is 27.3. The molecule has 37 heavy (non-hydrogen) atoms. The molecule has 10 heterocycles. The van der Waals surface area contributed by atoms with Gasteiger partial charge in [0.1, 0.15) is 0 Å². The first kappa shape index (κ1) is 23.9. The van der Waals surface area contributed by atoms with E-state index in [1.54, 1.807) is 85.6 Å². The van der Waals surface area contributed by atoms with Gasteiger partial charge in [-0.3, -0.25) is 0 Å². The average molecular weight is 587 g/mol. The van der Waals surface area contributed by atoms with Crippen LogP contribution in [0.1, 0.15) is 130 Å². The summed E-state index contributed by atoms with van der Waals surface area (Å²) in [4.78, 5) is 12.3. The Balaban J connectivity index is 1.02.